The summed E-state index contributed by atoms with van der Waals surface area (Å²) in [6, 6.07) is 16.9. The van der Waals surface area contributed by atoms with Crippen molar-refractivity contribution >= 4 is 11.0 Å². The number of rotatable bonds is 1. The topological polar surface area (TPSA) is 0 Å². The van der Waals surface area contributed by atoms with Crippen LogP contribution in [-0.2, 0) is 29.8 Å². The van der Waals surface area contributed by atoms with E-state index >= 15 is 0 Å². The Bertz CT molecular complexity index is 749. The van der Waals surface area contributed by atoms with Gasteiger partial charge in [-0.05, 0) is 18.4 Å². The molecule has 0 bridgehead atoms. The number of hydrogen-bond acceptors (Lipinski definition) is 0. The number of allylic oxidation sites excluding steroid dienone is 2. The Hall–Kier alpha value is -0.140. The van der Waals surface area contributed by atoms with Gasteiger partial charge < -0.3 is 24.8 Å². The molecule has 0 saturated heterocycles. The van der Waals surface area contributed by atoms with Crippen LogP contribution in [0.3, 0.4) is 0 Å². The van der Waals surface area contributed by atoms with Crippen LogP contribution in [0.4, 0.5) is 0 Å². The maximum Gasteiger partial charge on any atom is -0.0195 e. The molecule has 24 heavy (non-hydrogen) atoms. The standard InChI is InChI=1S/C18H15.C2H6Si.2ClH.Zr/c1-2-6-13(5-1)14-9-10-18-16(11-14)12-15-7-3-4-8-17(15)18;1-3-2;;;/h3-5,7-10H,1-2,6,12H2;1-2H3;2*1H;/q-1;;;;+2/p-2. The predicted octanol–water partition coefficient (Wildman–Crippen LogP) is -0.582. The molecule has 4 rings (SSSR count). The maximum absolute atomic E-state index is 3.65. The van der Waals surface area contributed by atoms with Crippen LogP contribution >= 0.6 is 0 Å². The van der Waals surface area contributed by atoms with E-state index in [1.165, 1.54) is 52.7 Å². The summed E-state index contributed by atoms with van der Waals surface area (Å²) in [5.41, 5.74) is 8.63. The van der Waals surface area contributed by atoms with Gasteiger partial charge in [-0.2, -0.15) is 0 Å². The average molecular weight is 452 g/mol. The van der Waals surface area contributed by atoms with E-state index in [2.05, 4.69) is 61.6 Å². The monoisotopic (exact) mass is 449 g/mol. The van der Waals surface area contributed by atoms with Crippen molar-refractivity contribution in [3.8, 4) is 11.1 Å². The molecule has 0 fully saturated rings. The Labute approximate surface area is 173 Å². The first-order chi connectivity index (χ1) is 10.6. The van der Waals surface area contributed by atoms with Gasteiger partial charge in [0, 0.05) is 0 Å². The summed E-state index contributed by atoms with van der Waals surface area (Å²) in [6.45, 7) is 4.62. The van der Waals surface area contributed by atoms with Crippen molar-refractivity contribution in [3.05, 3.63) is 65.2 Å². The molecule has 0 unspecified atom stereocenters. The van der Waals surface area contributed by atoms with Crippen molar-refractivity contribution in [3.63, 3.8) is 0 Å². The fourth-order valence-electron chi connectivity index (χ4n) is 3.16. The molecule has 0 aromatic heterocycles. The van der Waals surface area contributed by atoms with Crippen molar-refractivity contribution in [1.82, 2.24) is 0 Å². The Morgan fingerprint density at radius 2 is 1.71 bits per heavy atom. The van der Waals surface area contributed by atoms with E-state index in [0.717, 1.165) is 6.42 Å². The van der Waals surface area contributed by atoms with Gasteiger partial charge in [0.25, 0.3) is 0 Å². The van der Waals surface area contributed by atoms with Crippen molar-refractivity contribution < 1.29 is 48.1 Å². The molecule has 2 aromatic carbocycles. The minimum atomic E-state index is 0. The molecule has 2 aliphatic carbocycles. The zero-order valence-electron chi connectivity index (χ0n) is 14.1. The number of benzene rings is 2. The van der Waals surface area contributed by atoms with Crippen LogP contribution in [0.25, 0.3) is 16.7 Å². The summed E-state index contributed by atoms with van der Waals surface area (Å²) >= 11 is 1.74. The van der Waals surface area contributed by atoms with Crippen LogP contribution in [0, 0.1) is 6.07 Å². The fraction of sp³-hybridized carbons (Fsp3) is 0.300. The summed E-state index contributed by atoms with van der Waals surface area (Å²) in [5, 5.41) is 0. The van der Waals surface area contributed by atoms with Gasteiger partial charge >= 0.3 is 41.9 Å². The first kappa shape index (κ1) is 21.9. The molecule has 0 atom stereocenters. The second-order valence-corrected chi connectivity index (χ2v) is 15.6. The summed E-state index contributed by atoms with van der Waals surface area (Å²) in [4.78, 5) is 0. The minimum Gasteiger partial charge on any atom is -1.00 e. The zero-order valence-corrected chi connectivity index (χ0v) is 19.1. The van der Waals surface area contributed by atoms with Gasteiger partial charge in [0.15, 0.2) is 0 Å². The summed E-state index contributed by atoms with van der Waals surface area (Å²) in [6.07, 6.45) is 7.19. The van der Waals surface area contributed by atoms with E-state index in [0.29, 0.717) is 0 Å². The molecular formula is C20H21Cl2SiZr-. The SMILES string of the molecule is C[Si](C)=[Zr+2].[Cl-].[Cl-].[c-]1c(C2=CCCC2)ccc2c1Cc1ccccc1-2. The first-order valence-electron chi connectivity index (χ1n) is 8.00. The van der Waals surface area contributed by atoms with Crippen LogP contribution in [0.15, 0.2) is 42.5 Å². The van der Waals surface area contributed by atoms with E-state index < -0.39 is 0 Å². The predicted molar refractivity (Wildman–Crippen MR) is 92.8 cm³/mol. The first-order valence-corrected chi connectivity index (χ1v) is 14.2. The minimum absolute atomic E-state index is 0. The number of halogens is 2. The van der Waals surface area contributed by atoms with E-state index in [1.807, 2.05) is 0 Å². The molecule has 2 aliphatic rings. The smallest absolute Gasteiger partial charge is 0.0195 e. The van der Waals surface area contributed by atoms with Gasteiger partial charge in [-0.25, -0.2) is 0 Å². The molecule has 124 valence electrons. The number of fused-ring (bicyclic) bond motifs is 3. The Morgan fingerprint density at radius 3 is 2.38 bits per heavy atom. The molecule has 4 heteroatoms. The maximum atomic E-state index is 3.65. The second-order valence-electron chi connectivity index (χ2n) is 6.22. The van der Waals surface area contributed by atoms with Crippen LogP contribution in [0.5, 0.6) is 0 Å². The third-order valence-electron chi connectivity index (χ3n) is 4.09. The van der Waals surface area contributed by atoms with Gasteiger partial charge in [0.1, 0.15) is 0 Å². The molecule has 0 heterocycles. The largest absolute Gasteiger partial charge is 1.00 e. The van der Waals surface area contributed by atoms with E-state index in [9.17, 15) is 0 Å². The van der Waals surface area contributed by atoms with Gasteiger partial charge in [0.05, 0.1) is 0 Å². The third-order valence-corrected chi connectivity index (χ3v) is 4.09. The van der Waals surface area contributed by atoms with E-state index in [-0.39, 0.29) is 30.2 Å². The second kappa shape index (κ2) is 10.1. The molecule has 0 amide bonds. The third kappa shape index (κ3) is 5.18. The molecule has 0 saturated carbocycles. The molecular weight excluding hydrogens is 430 g/mol. The molecule has 0 nitrogen and oxygen atoms in total. The van der Waals surface area contributed by atoms with E-state index in [4.69, 9.17) is 0 Å². The van der Waals surface area contributed by atoms with Crippen LogP contribution in [-0.4, -0.2) is 5.43 Å². The number of hydrogen-bond donors (Lipinski definition) is 0. The van der Waals surface area contributed by atoms with E-state index in [1.54, 1.807) is 23.3 Å². The summed E-state index contributed by atoms with van der Waals surface area (Å²) < 4.78 is 0. The normalized spacial score (nSPS) is 13.4. The molecule has 2 aromatic rings. The summed E-state index contributed by atoms with van der Waals surface area (Å²) in [5.74, 6) is 0. The quantitative estimate of drug-likeness (QED) is 0.343. The van der Waals surface area contributed by atoms with Crippen molar-refractivity contribution in [1.29, 1.82) is 0 Å². The molecule has 0 spiro atoms. The average Bonchev–Trinajstić information content (AvgIpc) is 3.13. The van der Waals surface area contributed by atoms with Crippen LogP contribution in [0.2, 0.25) is 13.1 Å². The Balaban J connectivity index is 0.000000438. The molecule has 0 radical (unpaired) electrons. The fourth-order valence-corrected chi connectivity index (χ4v) is 3.16. The van der Waals surface area contributed by atoms with Crippen LogP contribution in [0.1, 0.15) is 36.0 Å². The summed E-state index contributed by atoms with van der Waals surface area (Å²) in [7, 11) is 0. The van der Waals surface area contributed by atoms with Crippen molar-refractivity contribution in [2.75, 3.05) is 0 Å². The Morgan fingerprint density at radius 1 is 1.00 bits per heavy atom. The van der Waals surface area contributed by atoms with Gasteiger partial charge in [-0.1, -0.05) is 48.2 Å². The van der Waals surface area contributed by atoms with Gasteiger partial charge in [-0.3, -0.25) is 0 Å². The van der Waals surface area contributed by atoms with Gasteiger partial charge in [-0.15, -0.1) is 41.0 Å². The Kier molecular flexibility index (Phi) is 9.23. The van der Waals surface area contributed by atoms with Crippen LogP contribution < -0.4 is 24.8 Å². The van der Waals surface area contributed by atoms with Gasteiger partial charge in [0.2, 0.25) is 0 Å². The zero-order chi connectivity index (χ0) is 15.5. The van der Waals surface area contributed by atoms with Crippen molar-refractivity contribution in [2.24, 2.45) is 0 Å². The molecule has 0 N–H and O–H groups in total. The molecule has 0 aliphatic heterocycles. The van der Waals surface area contributed by atoms with Crippen molar-refractivity contribution in [2.45, 2.75) is 38.8 Å².